The molecule has 1 aliphatic rings. The van der Waals surface area contributed by atoms with Gasteiger partial charge in [-0.25, -0.2) is 0 Å². The van der Waals surface area contributed by atoms with Crippen molar-refractivity contribution in [2.24, 2.45) is 5.92 Å². The van der Waals surface area contributed by atoms with Crippen LogP contribution in [0.3, 0.4) is 0 Å². The number of amides is 1. The molecule has 1 unspecified atom stereocenters. The Morgan fingerprint density at radius 2 is 2.15 bits per heavy atom. The van der Waals surface area contributed by atoms with Gasteiger partial charge in [-0.15, -0.1) is 0 Å². The summed E-state index contributed by atoms with van der Waals surface area (Å²) in [6.45, 7) is 3.02. The second kappa shape index (κ2) is 4.61. The van der Waals surface area contributed by atoms with Crippen LogP contribution in [0.1, 0.15) is 26.2 Å². The van der Waals surface area contributed by atoms with Gasteiger partial charge >= 0.3 is 0 Å². The molecule has 1 saturated carbocycles. The highest BCUT2D eigenvalue weighted by atomic mass is 16.2. The van der Waals surface area contributed by atoms with Crippen LogP contribution in [0.25, 0.3) is 0 Å². The van der Waals surface area contributed by atoms with Crippen molar-refractivity contribution in [2.45, 2.75) is 32.2 Å². The molecule has 0 aromatic heterocycles. The zero-order valence-electron chi connectivity index (χ0n) is 8.84. The van der Waals surface area contributed by atoms with Gasteiger partial charge in [0, 0.05) is 33.1 Å². The third-order valence-electron chi connectivity index (χ3n) is 2.63. The molecule has 1 rings (SSSR count). The van der Waals surface area contributed by atoms with E-state index in [1.54, 1.807) is 19.0 Å². The molecule has 13 heavy (non-hydrogen) atoms. The minimum absolute atomic E-state index is 0.204. The third kappa shape index (κ3) is 3.77. The second-order valence-electron chi connectivity index (χ2n) is 4.12. The molecule has 0 saturated heterocycles. The lowest BCUT2D eigenvalue weighted by atomic mass is 10.2. The summed E-state index contributed by atoms with van der Waals surface area (Å²) in [6.07, 6.45) is 3.33. The molecule has 0 spiro atoms. The van der Waals surface area contributed by atoms with Crippen molar-refractivity contribution in [2.75, 3.05) is 20.6 Å². The summed E-state index contributed by atoms with van der Waals surface area (Å²) in [4.78, 5) is 12.8. The summed E-state index contributed by atoms with van der Waals surface area (Å²) < 4.78 is 0. The van der Waals surface area contributed by atoms with Gasteiger partial charge in [-0.2, -0.15) is 0 Å². The molecule has 1 atom stereocenters. The number of hydrogen-bond donors (Lipinski definition) is 1. The van der Waals surface area contributed by atoms with E-state index in [1.807, 2.05) is 0 Å². The minimum Gasteiger partial charge on any atom is -0.349 e. The van der Waals surface area contributed by atoms with Gasteiger partial charge in [0.1, 0.15) is 0 Å². The average Bonchev–Trinajstić information content (AvgIpc) is 2.85. The van der Waals surface area contributed by atoms with Gasteiger partial charge < -0.3 is 10.2 Å². The molecule has 0 bridgehead atoms. The number of nitrogens with zero attached hydrogens (tertiary/aromatic N) is 1. The van der Waals surface area contributed by atoms with E-state index in [1.165, 1.54) is 12.8 Å². The van der Waals surface area contributed by atoms with Gasteiger partial charge in [0.25, 0.3) is 0 Å². The molecular weight excluding hydrogens is 164 g/mol. The molecule has 76 valence electrons. The van der Waals surface area contributed by atoms with Crippen molar-refractivity contribution >= 4 is 5.91 Å². The number of nitrogens with one attached hydrogen (secondary N) is 1. The summed E-state index contributed by atoms with van der Waals surface area (Å²) in [6, 6.07) is 0.593. The Labute approximate surface area is 80.5 Å². The highest BCUT2D eigenvalue weighted by Crippen LogP contribution is 2.32. The van der Waals surface area contributed by atoms with E-state index in [2.05, 4.69) is 12.2 Å². The molecule has 0 aromatic rings. The van der Waals surface area contributed by atoms with Crippen molar-refractivity contribution in [1.82, 2.24) is 10.2 Å². The van der Waals surface area contributed by atoms with Gasteiger partial charge in [-0.05, 0) is 25.7 Å². The maximum Gasteiger partial charge on any atom is 0.223 e. The van der Waals surface area contributed by atoms with Crippen LogP contribution in [-0.2, 0) is 4.79 Å². The first-order valence-electron chi connectivity index (χ1n) is 5.05. The summed E-state index contributed by atoms with van der Waals surface area (Å²) in [5, 5.41) is 3.38. The van der Waals surface area contributed by atoms with Crippen molar-refractivity contribution in [3.05, 3.63) is 0 Å². The van der Waals surface area contributed by atoms with Crippen LogP contribution in [-0.4, -0.2) is 37.5 Å². The van der Waals surface area contributed by atoms with Crippen LogP contribution in [0.15, 0.2) is 0 Å². The first kappa shape index (κ1) is 10.5. The number of carbonyl (C=O) groups is 1. The van der Waals surface area contributed by atoms with E-state index < -0.39 is 0 Å². The second-order valence-corrected chi connectivity index (χ2v) is 4.12. The molecule has 0 aliphatic heterocycles. The molecule has 3 heteroatoms. The molecule has 1 aliphatic carbocycles. The Kier molecular flexibility index (Phi) is 3.72. The summed E-state index contributed by atoms with van der Waals surface area (Å²) in [7, 11) is 3.60. The average molecular weight is 184 g/mol. The van der Waals surface area contributed by atoms with Gasteiger partial charge in [0.15, 0.2) is 0 Å². The van der Waals surface area contributed by atoms with Crippen molar-refractivity contribution in [1.29, 1.82) is 0 Å². The lowest BCUT2D eigenvalue weighted by Crippen LogP contribution is -2.32. The van der Waals surface area contributed by atoms with Crippen LogP contribution in [0.4, 0.5) is 0 Å². The predicted molar refractivity (Wildman–Crippen MR) is 53.5 cm³/mol. The van der Waals surface area contributed by atoms with Crippen LogP contribution in [0.2, 0.25) is 0 Å². The molecule has 0 radical (unpaired) electrons. The first-order valence-corrected chi connectivity index (χ1v) is 5.05. The van der Waals surface area contributed by atoms with E-state index in [9.17, 15) is 4.79 Å². The SMILES string of the molecule is CC(NCCC(=O)N(C)C)C1CC1. The van der Waals surface area contributed by atoms with Gasteiger partial charge in [0.2, 0.25) is 5.91 Å². The molecule has 1 fully saturated rings. The highest BCUT2D eigenvalue weighted by Gasteiger charge is 2.27. The smallest absolute Gasteiger partial charge is 0.223 e. The van der Waals surface area contributed by atoms with Crippen LogP contribution >= 0.6 is 0 Å². The summed E-state index contributed by atoms with van der Waals surface area (Å²) >= 11 is 0. The zero-order chi connectivity index (χ0) is 9.84. The fraction of sp³-hybridized carbons (Fsp3) is 0.900. The zero-order valence-corrected chi connectivity index (χ0v) is 8.84. The first-order chi connectivity index (χ1) is 6.11. The number of rotatable bonds is 5. The van der Waals surface area contributed by atoms with E-state index in [-0.39, 0.29) is 5.91 Å². The largest absolute Gasteiger partial charge is 0.349 e. The quantitative estimate of drug-likeness (QED) is 0.687. The molecular formula is C10H20N2O. The van der Waals surface area contributed by atoms with E-state index in [0.717, 1.165) is 12.5 Å². The van der Waals surface area contributed by atoms with E-state index >= 15 is 0 Å². The third-order valence-corrected chi connectivity index (χ3v) is 2.63. The van der Waals surface area contributed by atoms with Crippen LogP contribution in [0.5, 0.6) is 0 Å². The molecule has 0 aromatic carbocycles. The lowest BCUT2D eigenvalue weighted by molar-refractivity contribution is -0.128. The van der Waals surface area contributed by atoms with E-state index in [0.29, 0.717) is 12.5 Å². The monoisotopic (exact) mass is 184 g/mol. The van der Waals surface area contributed by atoms with Gasteiger partial charge in [0.05, 0.1) is 0 Å². The Hall–Kier alpha value is -0.570. The van der Waals surface area contributed by atoms with Gasteiger partial charge in [-0.1, -0.05) is 0 Å². The maximum absolute atomic E-state index is 11.2. The standard InChI is InChI=1S/C10H20N2O/c1-8(9-4-5-9)11-7-6-10(13)12(2)3/h8-9,11H,4-7H2,1-3H3. The van der Waals surface area contributed by atoms with Crippen LogP contribution < -0.4 is 5.32 Å². The molecule has 1 N–H and O–H groups in total. The van der Waals surface area contributed by atoms with Gasteiger partial charge in [-0.3, -0.25) is 4.79 Å². The highest BCUT2D eigenvalue weighted by molar-refractivity contribution is 5.75. The Morgan fingerprint density at radius 3 is 2.62 bits per heavy atom. The van der Waals surface area contributed by atoms with Crippen molar-refractivity contribution in [3.8, 4) is 0 Å². The Bertz CT molecular complexity index is 176. The molecule has 0 heterocycles. The summed E-state index contributed by atoms with van der Waals surface area (Å²) in [5.41, 5.74) is 0. The fourth-order valence-electron chi connectivity index (χ4n) is 1.39. The lowest BCUT2D eigenvalue weighted by Gasteiger charge is -2.14. The van der Waals surface area contributed by atoms with Crippen molar-refractivity contribution < 1.29 is 4.79 Å². The van der Waals surface area contributed by atoms with E-state index in [4.69, 9.17) is 0 Å². The number of hydrogen-bond acceptors (Lipinski definition) is 2. The fourth-order valence-corrected chi connectivity index (χ4v) is 1.39. The van der Waals surface area contributed by atoms with Crippen molar-refractivity contribution in [3.63, 3.8) is 0 Å². The maximum atomic E-state index is 11.2. The Balaban J connectivity index is 2.02. The number of carbonyl (C=O) groups excluding carboxylic acids is 1. The van der Waals surface area contributed by atoms with Crippen LogP contribution in [0, 0.1) is 5.92 Å². The minimum atomic E-state index is 0.204. The topological polar surface area (TPSA) is 32.3 Å². The molecule has 3 nitrogen and oxygen atoms in total. The normalized spacial score (nSPS) is 18.4. The Morgan fingerprint density at radius 1 is 1.54 bits per heavy atom. The summed E-state index contributed by atoms with van der Waals surface area (Å²) in [5.74, 6) is 1.07. The molecule has 1 amide bonds. The predicted octanol–water partition coefficient (Wildman–Crippen LogP) is 0.853.